The molecule has 0 heterocycles. The van der Waals surface area contributed by atoms with Gasteiger partial charge < -0.3 is 10.2 Å². The molecule has 26 heavy (non-hydrogen) atoms. The van der Waals surface area contributed by atoms with Crippen molar-refractivity contribution in [1.82, 2.24) is 0 Å². The molecular weight excluding hydrogens is 328 g/mol. The topological polar surface area (TPSA) is 74.6 Å². The fraction of sp³-hybridized carbons (Fsp3) is 0.818. The van der Waals surface area contributed by atoms with E-state index in [-0.39, 0.29) is 29.0 Å². The second-order valence-electron chi connectivity index (χ2n) is 10.3. The summed E-state index contributed by atoms with van der Waals surface area (Å²) in [5.74, 6) is 1.45. The summed E-state index contributed by atoms with van der Waals surface area (Å²) in [5, 5.41) is 22.5. The van der Waals surface area contributed by atoms with Gasteiger partial charge in [-0.3, -0.25) is 9.59 Å². The average molecular weight is 358 g/mol. The highest BCUT2D eigenvalue weighted by molar-refractivity contribution is 5.96. The van der Waals surface area contributed by atoms with Gasteiger partial charge in [0.2, 0.25) is 0 Å². The highest BCUT2D eigenvalue weighted by atomic mass is 16.3. The van der Waals surface area contributed by atoms with Gasteiger partial charge in [0.05, 0.1) is 6.10 Å². The van der Waals surface area contributed by atoms with E-state index >= 15 is 0 Å². The summed E-state index contributed by atoms with van der Waals surface area (Å²) in [6.07, 6.45) is 6.09. The van der Waals surface area contributed by atoms with Crippen LogP contribution in [0.25, 0.3) is 0 Å². The Kier molecular flexibility index (Phi) is 3.21. The fourth-order valence-corrected chi connectivity index (χ4v) is 8.15. The number of aliphatic hydroxyl groups is 2. The summed E-state index contributed by atoms with van der Waals surface area (Å²) in [6, 6.07) is 0. The van der Waals surface area contributed by atoms with E-state index in [0.29, 0.717) is 30.5 Å². The average Bonchev–Trinajstić information content (AvgIpc) is 3.32. The number of carbonyl (C=O) groups is 2. The molecule has 0 radical (unpaired) electrons. The Labute approximate surface area is 155 Å². The van der Waals surface area contributed by atoms with Gasteiger partial charge in [-0.25, -0.2) is 0 Å². The highest BCUT2D eigenvalue weighted by Crippen LogP contribution is 2.72. The molecule has 0 amide bonds. The Hall–Kier alpha value is -1.00. The van der Waals surface area contributed by atoms with Crippen molar-refractivity contribution in [3.05, 3.63) is 11.6 Å². The lowest BCUT2D eigenvalue weighted by molar-refractivity contribution is -0.180. The molecule has 9 atom stereocenters. The number of Topliss-reactive ketones (excluding diaryl/α,β-unsaturated/α-hetero) is 1. The number of carbonyl (C=O) groups excluding carboxylic acids is 2. The molecule has 142 valence electrons. The lowest BCUT2D eigenvalue weighted by Gasteiger charge is -2.60. The Morgan fingerprint density at radius 1 is 1.23 bits per heavy atom. The number of fused-ring (bicyclic) bond motifs is 7. The number of rotatable bonds is 1. The second-order valence-corrected chi connectivity index (χ2v) is 10.3. The van der Waals surface area contributed by atoms with Crippen molar-refractivity contribution in [2.24, 2.45) is 40.4 Å². The first kappa shape index (κ1) is 17.1. The maximum absolute atomic E-state index is 12.3. The molecule has 0 saturated heterocycles. The van der Waals surface area contributed by atoms with E-state index < -0.39 is 17.1 Å². The van der Waals surface area contributed by atoms with E-state index in [0.717, 1.165) is 25.7 Å². The Morgan fingerprint density at radius 2 is 1.96 bits per heavy atom. The lowest BCUT2D eigenvalue weighted by atomic mass is 9.45. The number of ketones is 2. The smallest absolute Gasteiger partial charge is 0.161 e. The number of allylic oxidation sites excluding steroid dienone is 1. The molecule has 0 bridgehead atoms. The molecule has 4 heteroatoms. The van der Waals surface area contributed by atoms with Gasteiger partial charge in [0, 0.05) is 11.3 Å². The summed E-state index contributed by atoms with van der Waals surface area (Å²) < 4.78 is 0. The maximum atomic E-state index is 12.3. The minimum absolute atomic E-state index is 0.0842. The van der Waals surface area contributed by atoms with Crippen LogP contribution in [-0.4, -0.2) is 33.5 Å². The molecule has 5 aliphatic rings. The minimum Gasteiger partial charge on any atom is -0.393 e. The van der Waals surface area contributed by atoms with Gasteiger partial charge in [0.1, 0.15) is 5.60 Å². The van der Waals surface area contributed by atoms with Gasteiger partial charge in [0.25, 0.3) is 0 Å². The third-order valence-corrected chi connectivity index (χ3v) is 9.56. The molecule has 4 saturated carbocycles. The molecule has 0 aromatic carbocycles. The summed E-state index contributed by atoms with van der Waals surface area (Å²) >= 11 is 0. The van der Waals surface area contributed by atoms with Crippen LogP contribution in [0, 0.1) is 40.4 Å². The van der Waals surface area contributed by atoms with E-state index in [9.17, 15) is 19.8 Å². The van der Waals surface area contributed by atoms with Crippen LogP contribution in [0.3, 0.4) is 0 Å². The zero-order valence-electron chi connectivity index (χ0n) is 16.0. The second kappa shape index (κ2) is 4.88. The third-order valence-electron chi connectivity index (χ3n) is 9.56. The van der Waals surface area contributed by atoms with Crippen LogP contribution in [0.5, 0.6) is 0 Å². The summed E-state index contributed by atoms with van der Waals surface area (Å²) in [7, 11) is 0. The van der Waals surface area contributed by atoms with Crippen LogP contribution in [0.1, 0.15) is 59.3 Å². The molecular formula is C22H30O4. The molecule has 2 unspecified atom stereocenters. The van der Waals surface area contributed by atoms with Crippen molar-refractivity contribution in [3.8, 4) is 0 Å². The third kappa shape index (κ3) is 1.74. The molecule has 0 aliphatic heterocycles. The Balaban J connectivity index is 1.58. The van der Waals surface area contributed by atoms with Crippen LogP contribution >= 0.6 is 0 Å². The minimum atomic E-state index is -1.30. The van der Waals surface area contributed by atoms with Gasteiger partial charge in [-0.15, -0.1) is 0 Å². The molecule has 5 aliphatic carbocycles. The van der Waals surface area contributed by atoms with Gasteiger partial charge in [0.15, 0.2) is 11.6 Å². The van der Waals surface area contributed by atoms with Crippen molar-refractivity contribution in [3.63, 3.8) is 0 Å². The zero-order chi connectivity index (χ0) is 18.6. The van der Waals surface area contributed by atoms with Gasteiger partial charge >= 0.3 is 0 Å². The standard InChI is InChI=1S/C22H30O4/c1-11(23)22(26)7-6-15-13-5-4-12-8-17(24)14-9-16(14)21(12,3)19(13)18(25)10-20(15,22)2/h8,13-16,18-19,25-26H,4-7,9-10H2,1-3H3/t13-,14?,15-,16?,18-,19-,20-,21-,22-/m0/s1. The predicted molar refractivity (Wildman–Crippen MR) is 96.1 cm³/mol. The van der Waals surface area contributed by atoms with E-state index in [1.54, 1.807) is 0 Å². The largest absolute Gasteiger partial charge is 0.393 e. The van der Waals surface area contributed by atoms with E-state index in [1.807, 2.05) is 13.0 Å². The first-order chi connectivity index (χ1) is 12.1. The SMILES string of the molecule is CC(=O)[C@@]1(O)CC[C@H]2[C@@H]3CCC4=CC(=O)C5CC5[C@@]4(C)[C@@H]3[C@@H](O)C[C@@]21C. The quantitative estimate of drug-likeness (QED) is 0.756. The summed E-state index contributed by atoms with van der Waals surface area (Å²) in [4.78, 5) is 24.6. The molecule has 0 aromatic rings. The summed E-state index contributed by atoms with van der Waals surface area (Å²) in [6.45, 7) is 5.81. The number of hydrogen-bond acceptors (Lipinski definition) is 4. The van der Waals surface area contributed by atoms with E-state index in [4.69, 9.17) is 0 Å². The Morgan fingerprint density at radius 3 is 2.65 bits per heavy atom. The number of hydrogen-bond donors (Lipinski definition) is 2. The zero-order valence-corrected chi connectivity index (χ0v) is 16.0. The first-order valence-electron chi connectivity index (χ1n) is 10.3. The van der Waals surface area contributed by atoms with Gasteiger partial charge in [-0.2, -0.15) is 0 Å². The number of aliphatic hydroxyl groups excluding tert-OH is 1. The van der Waals surface area contributed by atoms with Crippen molar-refractivity contribution >= 4 is 11.6 Å². The molecule has 0 spiro atoms. The van der Waals surface area contributed by atoms with Crippen LogP contribution in [0.15, 0.2) is 11.6 Å². The lowest BCUT2D eigenvalue weighted by Crippen LogP contribution is -2.61. The normalized spacial score (nSPS) is 57.4. The Bertz CT molecular complexity index is 740. The van der Waals surface area contributed by atoms with Crippen molar-refractivity contribution in [2.45, 2.75) is 71.0 Å². The van der Waals surface area contributed by atoms with Gasteiger partial charge in [-0.05, 0) is 80.6 Å². The first-order valence-corrected chi connectivity index (χ1v) is 10.3. The van der Waals surface area contributed by atoms with Crippen LogP contribution in [0.4, 0.5) is 0 Å². The molecule has 0 aromatic heterocycles. The molecule has 5 rings (SSSR count). The molecule has 4 fully saturated rings. The van der Waals surface area contributed by atoms with Crippen LogP contribution in [-0.2, 0) is 9.59 Å². The van der Waals surface area contributed by atoms with Crippen molar-refractivity contribution < 1.29 is 19.8 Å². The summed E-state index contributed by atoms with van der Waals surface area (Å²) in [5.41, 5.74) is -0.667. The van der Waals surface area contributed by atoms with Crippen LogP contribution in [0.2, 0.25) is 0 Å². The monoisotopic (exact) mass is 358 g/mol. The maximum Gasteiger partial charge on any atom is 0.161 e. The van der Waals surface area contributed by atoms with E-state index in [1.165, 1.54) is 12.5 Å². The van der Waals surface area contributed by atoms with E-state index in [2.05, 4.69) is 6.92 Å². The predicted octanol–water partition coefficient (Wildman–Crippen LogP) is 2.67. The van der Waals surface area contributed by atoms with Gasteiger partial charge in [-0.1, -0.05) is 19.4 Å². The van der Waals surface area contributed by atoms with Crippen LogP contribution < -0.4 is 0 Å². The molecule has 4 nitrogen and oxygen atoms in total. The fourth-order valence-electron chi connectivity index (χ4n) is 8.15. The molecule has 2 N–H and O–H groups in total. The highest BCUT2D eigenvalue weighted by Gasteiger charge is 2.71. The van der Waals surface area contributed by atoms with Crippen molar-refractivity contribution in [2.75, 3.05) is 0 Å². The van der Waals surface area contributed by atoms with Crippen molar-refractivity contribution in [1.29, 1.82) is 0 Å².